The average Bonchev–Trinajstić information content (AvgIpc) is 2.97. The minimum Gasteiger partial charge on any atom is -0.331 e. The molecule has 0 saturated carbocycles. The van der Waals surface area contributed by atoms with E-state index in [1.54, 1.807) is 6.20 Å². The van der Waals surface area contributed by atoms with E-state index in [2.05, 4.69) is 39.7 Å². The SMILES string of the molecule is Cc1nnc(CNC(=O)Nc2ncc(C(C)C)s2)n1C. The van der Waals surface area contributed by atoms with Crippen molar-refractivity contribution in [1.29, 1.82) is 0 Å². The Kier molecular flexibility index (Phi) is 4.33. The second-order valence-electron chi connectivity index (χ2n) is 4.75. The summed E-state index contributed by atoms with van der Waals surface area (Å²) in [7, 11) is 1.86. The Hall–Kier alpha value is -1.96. The van der Waals surface area contributed by atoms with Crippen LogP contribution in [0.1, 0.15) is 36.3 Å². The van der Waals surface area contributed by atoms with Gasteiger partial charge in [-0.15, -0.1) is 21.5 Å². The molecule has 7 nitrogen and oxygen atoms in total. The highest BCUT2D eigenvalue weighted by molar-refractivity contribution is 7.15. The molecule has 2 N–H and O–H groups in total. The molecule has 2 amide bonds. The number of carbonyl (C=O) groups is 1. The third-order valence-electron chi connectivity index (χ3n) is 2.90. The second-order valence-corrected chi connectivity index (χ2v) is 5.81. The fraction of sp³-hybridized carbons (Fsp3) is 0.500. The first-order chi connectivity index (χ1) is 9.47. The molecule has 0 fully saturated rings. The van der Waals surface area contributed by atoms with Crippen LogP contribution in [0.5, 0.6) is 0 Å². The maximum atomic E-state index is 11.8. The Morgan fingerprint density at radius 2 is 2.20 bits per heavy atom. The van der Waals surface area contributed by atoms with E-state index in [1.165, 1.54) is 11.3 Å². The Morgan fingerprint density at radius 1 is 1.45 bits per heavy atom. The molecule has 108 valence electrons. The van der Waals surface area contributed by atoms with Crippen LogP contribution in [0.2, 0.25) is 0 Å². The number of nitrogens with zero attached hydrogens (tertiary/aromatic N) is 4. The Morgan fingerprint density at radius 3 is 2.75 bits per heavy atom. The number of urea groups is 1. The van der Waals surface area contributed by atoms with Gasteiger partial charge in [0.2, 0.25) is 0 Å². The van der Waals surface area contributed by atoms with Gasteiger partial charge in [-0.25, -0.2) is 9.78 Å². The highest BCUT2D eigenvalue weighted by Crippen LogP contribution is 2.24. The van der Waals surface area contributed by atoms with E-state index in [9.17, 15) is 4.79 Å². The third-order valence-corrected chi connectivity index (χ3v) is 4.12. The van der Waals surface area contributed by atoms with Crippen LogP contribution in [-0.4, -0.2) is 25.8 Å². The standard InChI is InChI=1S/C12H18N6OS/c1-7(2)9-5-14-12(20-9)15-11(19)13-6-10-17-16-8(3)18(10)4/h5,7H,6H2,1-4H3,(H2,13,14,15,19). The molecule has 0 spiro atoms. The lowest BCUT2D eigenvalue weighted by Gasteiger charge is -2.05. The van der Waals surface area contributed by atoms with Crippen LogP contribution in [0, 0.1) is 6.92 Å². The molecule has 0 aliphatic rings. The molecule has 0 bridgehead atoms. The lowest BCUT2D eigenvalue weighted by molar-refractivity contribution is 0.251. The van der Waals surface area contributed by atoms with Gasteiger partial charge in [0.1, 0.15) is 5.82 Å². The zero-order chi connectivity index (χ0) is 14.7. The number of amides is 2. The van der Waals surface area contributed by atoms with Crippen molar-refractivity contribution >= 4 is 22.5 Å². The highest BCUT2D eigenvalue weighted by atomic mass is 32.1. The third kappa shape index (κ3) is 3.32. The molecular weight excluding hydrogens is 276 g/mol. The van der Waals surface area contributed by atoms with Crippen molar-refractivity contribution in [1.82, 2.24) is 25.1 Å². The lowest BCUT2D eigenvalue weighted by Crippen LogP contribution is -2.29. The highest BCUT2D eigenvalue weighted by Gasteiger charge is 2.10. The molecule has 0 atom stereocenters. The van der Waals surface area contributed by atoms with Gasteiger partial charge in [-0.05, 0) is 12.8 Å². The van der Waals surface area contributed by atoms with Crippen molar-refractivity contribution in [3.05, 3.63) is 22.7 Å². The van der Waals surface area contributed by atoms with Crippen LogP contribution in [0.15, 0.2) is 6.20 Å². The molecule has 2 aromatic heterocycles. The molecule has 8 heteroatoms. The summed E-state index contributed by atoms with van der Waals surface area (Å²) in [6.07, 6.45) is 1.79. The van der Waals surface area contributed by atoms with Gasteiger partial charge in [0.05, 0.1) is 6.54 Å². The van der Waals surface area contributed by atoms with E-state index >= 15 is 0 Å². The predicted octanol–water partition coefficient (Wildman–Crippen LogP) is 2.03. The van der Waals surface area contributed by atoms with E-state index < -0.39 is 0 Å². The molecule has 0 aliphatic heterocycles. The maximum Gasteiger partial charge on any atom is 0.321 e. The smallest absolute Gasteiger partial charge is 0.321 e. The summed E-state index contributed by atoms with van der Waals surface area (Å²) in [6.45, 7) is 6.37. The van der Waals surface area contributed by atoms with Gasteiger partial charge >= 0.3 is 6.03 Å². The molecule has 2 heterocycles. The Labute approximate surface area is 121 Å². The Bertz CT molecular complexity index is 603. The summed E-state index contributed by atoms with van der Waals surface area (Å²) in [4.78, 5) is 17.1. The zero-order valence-electron chi connectivity index (χ0n) is 12.0. The molecule has 0 aliphatic carbocycles. The molecule has 0 unspecified atom stereocenters. The van der Waals surface area contributed by atoms with Crippen molar-refractivity contribution in [2.45, 2.75) is 33.2 Å². The van der Waals surface area contributed by atoms with Gasteiger partial charge in [0.15, 0.2) is 11.0 Å². The van der Waals surface area contributed by atoms with Gasteiger partial charge in [-0.3, -0.25) is 5.32 Å². The topological polar surface area (TPSA) is 84.7 Å². The largest absolute Gasteiger partial charge is 0.331 e. The Balaban J connectivity index is 1.87. The van der Waals surface area contributed by atoms with Gasteiger partial charge in [0, 0.05) is 18.1 Å². The van der Waals surface area contributed by atoms with E-state index in [1.807, 2.05) is 18.5 Å². The molecule has 0 radical (unpaired) electrons. The first kappa shape index (κ1) is 14.4. The van der Waals surface area contributed by atoms with E-state index in [0.29, 0.717) is 23.4 Å². The molecule has 0 saturated heterocycles. The van der Waals surface area contributed by atoms with Crippen molar-refractivity contribution in [2.24, 2.45) is 7.05 Å². The molecule has 2 aromatic rings. The average molecular weight is 294 g/mol. The number of anilines is 1. The van der Waals surface area contributed by atoms with Crippen LogP contribution in [0.25, 0.3) is 0 Å². The van der Waals surface area contributed by atoms with Crippen molar-refractivity contribution in [2.75, 3.05) is 5.32 Å². The van der Waals surface area contributed by atoms with Gasteiger partial charge in [-0.1, -0.05) is 13.8 Å². The van der Waals surface area contributed by atoms with Crippen LogP contribution in [0.3, 0.4) is 0 Å². The van der Waals surface area contributed by atoms with Crippen molar-refractivity contribution < 1.29 is 4.79 Å². The first-order valence-electron chi connectivity index (χ1n) is 6.32. The summed E-state index contributed by atoms with van der Waals surface area (Å²) in [6, 6.07) is -0.296. The van der Waals surface area contributed by atoms with E-state index in [-0.39, 0.29) is 6.03 Å². The van der Waals surface area contributed by atoms with Gasteiger partial charge in [-0.2, -0.15) is 0 Å². The first-order valence-corrected chi connectivity index (χ1v) is 7.14. The van der Waals surface area contributed by atoms with Gasteiger partial charge < -0.3 is 9.88 Å². The number of nitrogens with one attached hydrogen (secondary N) is 2. The van der Waals surface area contributed by atoms with E-state index in [0.717, 1.165) is 10.7 Å². The minimum atomic E-state index is -0.296. The number of rotatable bonds is 4. The zero-order valence-corrected chi connectivity index (χ0v) is 12.8. The number of aromatic nitrogens is 4. The summed E-state index contributed by atoms with van der Waals surface area (Å²) in [5.74, 6) is 1.93. The van der Waals surface area contributed by atoms with Gasteiger partial charge in [0.25, 0.3) is 0 Å². The molecule has 20 heavy (non-hydrogen) atoms. The summed E-state index contributed by atoms with van der Waals surface area (Å²) < 4.78 is 1.83. The maximum absolute atomic E-state index is 11.8. The summed E-state index contributed by atoms with van der Waals surface area (Å²) in [5, 5.41) is 14.0. The normalized spacial score (nSPS) is 10.8. The molecular formula is C12H18N6OS. The quantitative estimate of drug-likeness (QED) is 0.903. The van der Waals surface area contributed by atoms with Crippen molar-refractivity contribution in [3.63, 3.8) is 0 Å². The van der Waals surface area contributed by atoms with Crippen LogP contribution >= 0.6 is 11.3 Å². The fourth-order valence-corrected chi connectivity index (χ4v) is 2.33. The number of aryl methyl sites for hydroxylation is 1. The lowest BCUT2D eigenvalue weighted by atomic mass is 10.2. The molecule has 2 rings (SSSR count). The number of hydrogen-bond acceptors (Lipinski definition) is 5. The van der Waals surface area contributed by atoms with Crippen LogP contribution in [-0.2, 0) is 13.6 Å². The van der Waals surface area contributed by atoms with Crippen LogP contribution < -0.4 is 10.6 Å². The van der Waals surface area contributed by atoms with E-state index in [4.69, 9.17) is 0 Å². The number of thiazole rings is 1. The van der Waals surface area contributed by atoms with Crippen molar-refractivity contribution in [3.8, 4) is 0 Å². The van der Waals surface area contributed by atoms with Crippen LogP contribution in [0.4, 0.5) is 9.93 Å². The minimum absolute atomic E-state index is 0.296. The second kappa shape index (κ2) is 6.00. The summed E-state index contributed by atoms with van der Waals surface area (Å²) >= 11 is 1.48. The molecule has 0 aromatic carbocycles. The monoisotopic (exact) mass is 294 g/mol. The number of hydrogen-bond donors (Lipinski definition) is 2. The number of carbonyl (C=O) groups excluding carboxylic acids is 1. The predicted molar refractivity (Wildman–Crippen MR) is 77.8 cm³/mol. The fourth-order valence-electron chi connectivity index (χ4n) is 1.52. The summed E-state index contributed by atoms with van der Waals surface area (Å²) in [5.41, 5.74) is 0.